The fourth-order valence-corrected chi connectivity index (χ4v) is 5.24. The van der Waals surface area contributed by atoms with Gasteiger partial charge in [-0.1, -0.05) is 67.8 Å². The Balaban J connectivity index is 1.42. The molecule has 2 amide bonds. The van der Waals surface area contributed by atoms with E-state index in [4.69, 9.17) is 11.6 Å². The zero-order valence-electron chi connectivity index (χ0n) is 23.5. The predicted octanol–water partition coefficient (Wildman–Crippen LogP) is 4.59. The van der Waals surface area contributed by atoms with Gasteiger partial charge in [-0.25, -0.2) is 9.97 Å². The molecule has 1 aliphatic rings. The summed E-state index contributed by atoms with van der Waals surface area (Å²) in [6, 6.07) is 15.6. The van der Waals surface area contributed by atoms with Gasteiger partial charge >= 0.3 is 5.97 Å². The second kappa shape index (κ2) is 14.1. The molecule has 2 aromatic carbocycles. The molecule has 1 saturated carbocycles. The number of carboxylic acids is 1. The molecule has 1 aliphatic carbocycles. The summed E-state index contributed by atoms with van der Waals surface area (Å²) < 4.78 is 0. The summed E-state index contributed by atoms with van der Waals surface area (Å²) >= 11 is 6.44. The average Bonchev–Trinajstić information content (AvgIpc) is 3.44. The first-order valence-corrected chi connectivity index (χ1v) is 14.3. The minimum Gasteiger partial charge on any atom is -0.481 e. The van der Waals surface area contributed by atoms with Crippen LogP contribution < -0.4 is 15.5 Å². The minimum absolute atomic E-state index is 0.0209. The maximum absolute atomic E-state index is 12.6. The zero-order valence-corrected chi connectivity index (χ0v) is 24.2. The molecule has 0 saturated heterocycles. The molecule has 0 bridgehead atoms. The summed E-state index contributed by atoms with van der Waals surface area (Å²) in [7, 11) is 1.69. The van der Waals surface area contributed by atoms with E-state index in [-0.39, 0.29) is 48.0 Å². The molecule has 4 rings (SSSR count). The highest BCUT2D eigenvalue weighted by atomic mass is 35.5. The van der Waals surface area contributed by atoms with Gasteiger partial charge in [0.25, 0.3) is 0 Å². The number of amides is 2. The van der Waals surface area contributed by atoms with Crippen molar-refractivity contribution in [2.24, 2.45) is 0 Å². The summed E-state index contributed by atoms with van der Waals surface area (Å²) in [4.78, 5) is 47.3. The third kappa shape index (κ3) is 8.75. The molecule has 9 nitrogen and oxygen atoms in total. The largest absolute Gasteiger partial charge is 0.481 e. The lowest BCUT2D eigenvalue weighted by Gasteiger charge is -2.22. The number of halogens is 1. The molecule has 0 spiro atoms. The van der Waals surface area contributed by atoms with E-state index in [1.807, 2.05) is 48.5 Å². The molecule has 0 atom stereocenters. The molecule has 10 heteroatoms. The van der Waals surface area contributed by atoms with Gasteiger partial charge in [-0.15, -0.1) is 0 Å². The smallest absolute Gasteiger partial charge is 0.308 e. The number of nitrogens with one attached hydrogen (secondary N) is 2. The zero-order chi connectivity index (χ0) is 29.4. The fraction of sp³-hybridized carbons (Fsp3) is 0.387. The van der Waals surface area contributed by atoms with Gasteiger partial charge in [-0.2, -0.15) is 0 Å². The van der Waals surface area contributed by atoms with Crippen LogP contribution in [-0.2, 0) is 40.1 Å². The standard InChI is InChI=1S/C31H36ClN5O4/c1-3-20-8-10-22(11-9-20)17-27(38)33-24-14-12-21(13-15-24)16-26-35-30(32)25(18-29(40)41)31(36-26)37(2)19-28(39)34-23-6-4-5-7-23/h8-15,23H,3-7,16-19H2,1-2H3,(H,33,38)(H,34,39)(H,40,41). The van der Waals surface area contributed by atoms with Crippen molar-refractivity contribution in [2.45, 2.75) is 64.3 Å². The van der Waals surface area contributed by atoms with Crippen molar-refractivity contribution < 1.29 is 19.5 Å². The van der Waals surface area contributed by atoms with E-state index >= 15 is 0 Å². The maximum atomic E-state index is 12.6. The number of hydrogen-bond acceptors (Lipinski definition) is 6. The molecule has 1 fully saturated rings. The number of carboxylic acid groups (broad SMARTS) is 1. The third-order valence-corrected chi connectivity index (χ3v) is 7.48. The average molecular weight is 578 g/mol. The second-order valence-electron chi connectivity index (χ2n) is 10.5. The van der Waals surface area contributed by atoms with Gasteiger partial charge in [0.05, 0.1) is 19.4 Å². The van der Waals surface area contributed by atoms with E-state index in [0.717, 1.165) is 43.2 Å². The van der Waals surface area contributed by atoms with Crippen LogP contribution in [0.25, 0.3) is 0 Å². The number of aryl methyl sites for hydroxylation is 1. The summed E-state index contributed by atoms with van der Waals surface area (Å²) in [5.41, 5.74) is 4.01. The van der Waals surface area contributed by atoms with Crippen LogP contribution in [0.3, 0.4) is 0 Å². The van der Waals surface area contributed by atoms with Crippen molar-refractivity contribution >= 4 is 40.9 Å². The highest BCUT2D eigenvalue weighted by Crippen LogP contribution is 2.26. The molecule has 41 heavy (non-hydrogen) atoms. The van der Waals surface area contributed by atoms with Gasteiger partial charge in [-0.05, 0) is 48.1 Å². The van der Waals surface area contributed by atoms with E-state index in [1.165, 1.54) is 5.56 Å². The first-order valence-electron chi connectivity index (χ1n) is 13.9. The van der Waals surface area contributed by atoms with Crippen LogP contribution >= 0.6 is 11.6 Å². The molecule has 0 unspecified atom stereocenters. The minimum atomic E-state index is -1.07. The number of nitrogens with zero attached hydrogens (tertiary/aromatic N) is 3. The molecule has 3 aromatic rings. The monoisotopic (exact) mass is 577 g/mol. The number of hydrogen-bond donors (Lipinski definition) is 3. The third-order valence-electron chi connectivity index (χ3n) is 7.17. The highest BCUT2D eigenvalue weighted by Gasteiger charge is 2.22. The number of benzene rings is 2. The maximum Gasteiger partial charge on any atom is 0.308 e. The summed E-state index contributed by atoms with van der Waals surface area (Å²) in [6.07, 6.45) is 5.37. The summed E-state index contributed by atoms with van der Waals surface area (Å²) in [6.45, 7) is 2.11. The molecule has 1 heterocycles. The summed E-state index contributed by atoms with van der Waals surface area (Å²) in [5.74, 6) is -0.596. The summed E-state index contributed by atoms with van der Waals surface area (Å²) in [5, 5.41) is 15.4. The van der Waals surface area contributed by atoms with Gasteiger partial charge in [0, 0.05) is 30.8 Å². The lowest BCUT2D eigenvalue weighted by atomic mass is 10.1. The number of rotatable bonds is 12. The number of anilines is 2. The van der Waals surface area contributed by atoms with Crippen LogP contribution in [0.5, 0.6) is 0 Å². The van der Waals surface area contributed by atoms with Crippen molar-refractivity contribution in [1.82, 2.24) is 15.3 Å². The van der Waals surface area contributed by atoms with E-state index in [2.05, 4.69) is 27.5 Å². The second-order valence-corrected chi connectivity index (χ2v) is 10.8. The van der Waals surface area contributed by atoms with E-state index in [1.54, 1.807) is 11.9 Å². The molecule has 3 N–H and O–H groups in total. The number of carbonyl (C=O) groups is 3. The van der Waals surface area contributed by atoms with Gasteiger partial charge in [0.2, 0.25) is 11.8 Å². The Hall–Kier alpha value is -3.98. The Bertz CT molecular complexity index is 1370. The molecule has 0 aliphatic heterocycles. The van der Waals surface area contributed by atoms with Crippen LogP contribution in [0.4, 0.5) is 11.5 Å². The van der Waals surface area contributed by atoms with E-state index < -0.39 is 5.97 Å². The number of aromatic nitrogens is 2. The highest BCUT2D eigenvalue weighted by molar-refractivity contribution is 6.30. The van der Waals surface area contributed by atoms with Crippen molar-refractivity contribution in [3.63, 3.8) is 0 Å². The topological polar surface area (TPSA) is 125 Å². The lowest BCUT2D eigenvalue weighted by Crippen LogP contribution is -2.40. The first-order chi connectivity index (χ1) is 19.7. The van der Waals surface area contributed by atoms with Crippen molar-refractivity contribution in [3.05, 3.63) is 81.8 Å². The fourth-order valence-electron chi connectivity index (χ4n) is 4.99. The number of carbonyl (C=O) groups excluding carboxylic acids is 2. The molecule has 1 aromatic heterocycles. The normalized spacial score (nSPS) is 13.1. The Morgan fingerprint density at radius 3 is 2.20 bits per heavy atom. The first kappa shape index (κ1) is 30.0. The number of likely N-dealkylation sites (N-methyl/N-ethyl adjacent to an activating group) is 1. The molecule has 0 radical (unpaired) electrons. The van der Waals surface area contributed by atoms with E-state index in [9.17, 15) is 19.5 Å². The number of aliphatic carboxylic acids is 1. The Labute approximate surface area is 245 Å². The van der Waals surface area contributed by atoms with Crippen LogP contribution in [0.15, 0.2) is 48.5 Å². The molecule has 216 valence electrons. The van der Waals surface area contributed by atoms with Crippen molar-refractivity contribution in [3.8, 4) is 0 Å². The van der Waals surface area contributed by atoms with Crippen LogP contribution in [0.1, 0.15) is 60.7 Å². The Morgan fingerprint density at radius 1 is 0.927 bits per heavy atom. The quantitative estimate of drug-likeness (QED) is 0.269. The van der Waals surface area contributed by atoms with Crippen LogP contribution in [-0.4, -0.2) is 52.5 Å². The van der Waals surface area contributed by atoms with Crippen molar-refractivity contribution in [2.75, 3.05) is 23.8 Å². The molecular weight excluding hydrogens is 542 g/mol. The van der Waals surface area contributed by atoms with Gasteiger partial charge in [-0.3, -0.25) is 14.4 Å². The van der Waals surface area contributed by atoms with E-state index in [0.29, 0.717) is 23.8 Å². The predicted molar refractivity (Wildman–Crippen MR) is 159 cm³/mol. The van der Waals surface area contributed by atoms with Crippen LogP contribution in [0, 0.1) is 0 Å². The lowest BCUT2D eigenvalue weighted by molar-refractivity contribution is -0.136. The van der Waals surface area contributed by atoms with Gasteiger partial charge < -0.3 is 20.6 Å². The Kier molecular flexibility index (Phi) is 10.3. The SMILES string of the molecule is CCc1ccc(CC(=O)Nc2ccc(Cc3nc(Cl)c(CC(=O)O)c(N(C)CC(=O)NC4CCCC4)n3)cc2)cc1. The molecular formula is C31H36ClN5O4. The Morgan fingerprint density at radius 2 is 1.56 bits per heavy atom. The van der Waals surface area contributed by atoms with Gasteiger partial charge in [0.15, 0.2) is 0 Å². The van der Waals surface area contributed by atoms with Gasteiger partial charge in [0.1, 0.15) is 16.8 Å². The van der Waals surface area contributed by atoms with Crippen molar-refractivity contribution in [1.29, 1.82) is 0 Å². The van der Waals surface area contributed by atoms with Crippen LogP contribution in [0.2, 0.25) is 5.15 Å².